The van der Waals surface area contributed by atoms with Crippen LogP contribution >= 0.6 is 0 Å². The number of hydrogen-bond acceptors (Lipinski definition) is 4. The number of rotatable bonds is 4. The van der Waals surface area contributed by atoms with Gasteiger partial charge in [0.15, 0.2) is 11.5 Å². The number of methoxy groups -OCH3 is 1. The number of nitrogens with zero attached hydrogens (tertiary/aromatic N) is 2. The fourth-order valence-corrected chi connectivity index (χ4v) is 3.03. The molecule has 5 heteroatoms. The molecule has 26 heavy (non-hydrogen) atoms. The molecule has 0 fully saturated rings. The van der Waals surface area contributed by atoms with E-state index in [0.717, 1.165) is 38.7 Å². The first-order chi connectivity index (χ1) is 12.3. The maximum atomic E-state index is 12.6. The van der Waals surface area contributed by atoms with Gasteiger partial charge in [0.2, 0.25) is 0 Å². The van der Waals surface area contributed by atoms with Crippen LogP contribution in [-0.4, -0.2) is 38.1 Å². The number of carbonyl (C=O) groups is 1. The van der Waals surface area contributed by atoms with Crippen molar-refractivity contribution in [2.24, 2.45) is 4.99 Å². The molecule has 2 aromatic rings. The van der Waals surface area contributed by atoms with Gasteiger partial charge in [0.25, 0.3) is 5.91 Å². The maximum absolute atomic E-state index is 12.6. The molecular formula is C21H24N2O3. The van der Waals surface area contributed by atoms with Gasteiger partial charge in [-0.2, -0.15) is 0 Å². The Balaban J connectivity index is 2.04. The highest BCUT2D eigenvalue weighted by Gasteiger charge is 2.20. The molecular weight excluding hydrogens is 328 g/mol. The lowest BCUT2D eigenvalue weighted by atomic mass is 10.0. The van der Waals surface area contributed by atoms with Crippen LogP contribution in [0.25, 0.3) is 6.58 Å². The van der Waals surface area contributed by atoms with Crippen LogP contribution in [0.4, 0.5) is 5.69 Å². The molecule has 0 unspecified atom stereocenters. The van der Waals surface area contributed by atoms with Gasteiger partial charge < -0.3 is 14.4 Å². The normalized spacial score (nSPS) is 11.9. The van der Waals surface area contributed by atoms with Crippen LogP contribution in [0.15, 0.2) is 23.2 Å². The number of fused-ring (bicyclic) bond motifs is 2. The van der Waals surface area contributed by atoms with Crippen molar-refractivity contribution in [3.63, 3.8) is 0 Å². The molecule has 2 aromatic carbocycles. The highest BCUT2D eigenvalue weighted by atomic mass is 16.5. The third kappa shape index (κ3) is 2.99. The van der Waals surface area contributed by atoms with E-state index in [-0.39, 0.29) is 5.91 Å². The zero-order valence-electron chi connectivity index (χ0n) is 16.0. The second kappa shape index (κ2) is 6.92. The van der Waals surface area contributed by atoms with Crippen LogP contribution in [0.1, 0.15) is 27.0 Å². The summed E-state index contributed by atoms with van der Waals surface area (Å²) in [6.07, 6.45) is 0. The molecule has 0 bridgehead atoms. The second-order valence-electron chi connectivity index (χ2n) is 6.65. The first-order valence-corrected chi connectivity index (χ1v) is 8.59. The topological polar surface area (TPSA) is 51.1 Å². The number of amides is 1. The number of benzene rings is 2. The Hall–Kier alpha value is -2.66. The molecule has 0 aliphatic carbocycles. The average Bonchev–Trinajstić information content (AvgIpc) is 2.66. The van der Waals surface area contributed by atoms with Gasteiger partial charge in [0, 0.05) is 31.8 Å². The van der Waals surface area contributed by atoms with Crippen LogP contribution in [0.2, 0.25) is 0 Å². The Bertz CT molecular complexity index is 996. The number of likely N-dealkylation sites (N-methyl/N-ethyl adjacent to an activating group) is 1. The van der Waals surface area contributed by atoms with Gasteiger partial charge in [0.05, 0.1) is 6.61 Å². The molecule has 0 spiro atoms. The van der Waals surface area contributed by atoms with E-state index < -0.39 is 0 Å². The van der Waals surface area contributed by atoms with Crippen molar-refractivity contribution in [3.05, 3.63) is 51.0 Å². The zero-order chi connectivity index (χ0) is 19.0. The summed E-state index contributed by atoms with van der Waals surface area (Å²) in [6, 6.07) is 5.37. The Labute approximate surface area is 153 Å². The van der Waals surface area contributed by atoms with E-state index >= 15 is 0 Å². The van der Waals surface area contributed by atoms with Gasteiger partial charge in [-0.25, -0.2) is 4.99 Å². The van der Waals surface area contributed by atoms with Gasteiger partial charge >= 0.3 is 0 Å². The number of carbonyl (C=O) groups excluding carboxylic acids is 1. The summed E-state index contributed by atoms with van der Waals surface area (Å²) in [5.74, 6) is 1.24. The molecule has 1 heterocycles. The lowest BCUT2D eigenvalue weighted by Gasteiger charge is -2.21. The first-order valence-electron chi connectivity index (χ1n) is 8.59. The van der Waals surface area contributed by atoms with E-state index in [1.165, 1.54) is 0 Å². The van der Waals surface area contributed by atoms with E-state index in [9.17, 15) is 4.79 Å². The van der Waals surface area contributed by atoms with Gasteiger partial charge in [-0.3, -0.25) is 4.79 Å². The third-order valence-corrected chi connectivity index (χ3v) is 5.01. The van der Waals surface area contributed by atoms with Crippen molar-refractivity contribution in [2.45, 2.75) is 20.8 Å². The lowest BCUT2D eigenvalue weighted by Crippen LogP contribution is -2.30. The Morgan fingerprint density at radius 1 is 1.23 bits per heavy atom. The first kappa shape index (κ1) is 18.1. The van der Waals surface area contributed by atoms with Crippen LogP contribution in [-0.2, 0) is 4.74 Å². The quantitative estimate of drug-likeness (QED) is 0.725. The minimum Gasteiger partial charge on any atom is -0.452 e. The standard InChI is InChI=1S/C21H24N2O3/c1-12-13(2)15(4)20-19(14(12)3)22-17-8-7-16(11-18(17)26-20)21(24)23(5)9-10-25-6/h7-8,11H,2,9-10H2,1,3-6H3. The highest BCUT2D eigenvalue weighted by Crippen LogP contribution is 2.36. The molecule has 136 valence electrons. The maximum Gasteiger partial charge on any atom is 0.253 e. The van der Waals surface area contributed by atoms with Crippen LogP contribution in [0.3, 0.4) is 0 Å². The number of hydrogen-bond donors (Lipinski definition) is 0. The summed E-state index contributed by atoms with van der Waals surface area (Å²) in [6.45, 7) is 11.2. The molecule has 1 aliphatic rings. The molecule has 3 rings (SSSR count). The lowest BCUT2D eigenvalue weighted by molar-refractivity contribution is 0.0744. The SMILES string of the molecule is C=c1c(C)c(C)c2c(c1C)Oc1cc(C(=O)N(C)CCOC)ccc1N=2. The Morgan fingerprint density at radius 2 is 1.96 bits per heavy atom. The predicted molar refractivity (Wildman–Crippen MR) is 102 cm³/mol. The predicted octanol–water partition coefficient (Wildman–Crippen LogP) is 2.80. The molecule has 1 aliphatic heterocycles. The number of ether oxygens (including phenoxy) is 2. The summed E-state index contributed by atoms with van der Waals surface area (Å²) < 4.78 is 11.2. The molecule has 0 saturated carbocycles. The largest absolute Gasteiger partial charge is 0.452 e. The molecule has 0 N–H and O–H groups in total. The highest BCUT2D eigenvalue weighted by molar-refractivity contribution is 5.95. The molecule has 0 radical (unpaired) electrons. The average molecular weight is 352 g/mol. The van der Waals surface area contributed by atoms with Crippen molar-refractivity contribution in [1.29, 1.82) is 0 Å². The Morgan fingerprint density at radius 3 is 2.65 bits per heavy atom. The Kier molecular flexibility index (Phi) is 4.83. The summed E-state index contributed by atoms with van der Waals surface area (Å²) in [7, 11) is 3.37. The third-order valence-electron chi connectivity index (χ3n) is 5.01. The monoisotopic (exact) mass is 352 g/mol. The van der Waals surface area contributed by atoms with E-state index in [4.69, 9.17) is 14.5 Å². The van der Waals surface area contributed by atoms with Crippen molar-refractivity contribution >= 4 is 18.2 Å². The fourth-order valence-electron chi connectivity index (χ4n) is 3.03. The van der Waals surface area contributed by atoms with Crippen LogP contribution < -0.4 is 15.3 Å². The minimum atomic E-state index is -0.0751. The molecule has 0 aromatic heterocycles. The summed E-state index contributed by atoms with van der Waals surface area (Å²) in [5, 5.41) is 1.81. The van der Waals surface area contributed by atoms with Gasteiger partial charge in [-0.05, 0) is 55.3 Å². The van der Waals surface area contributed by atoms with Crippen molar-refractivity contribution in [2.75, 3.05) is 27.3 Å². The van der Waals surface area contributed by atoms with Crippen molar-refractivity contribution in [3.8, 4) is 11.5 Å². The van der Waals surface area contributed by atoms with E-state index in [1.54, 1.807) is 31.2 Å². The van der Waals surface area contributed by atoms with E-state index in [2.05, 4.69) is 6.58 Å². The van der Waals surface area contributed by atoms with E-state index in [0.29, 0.717) is 24.5 Å². The molecule has 0 atom stereocenters. The minimum absolute atomic E-state index is 0.0751. The fraction of sp³-hybridized carbons (Fsp3) is 0.333. The molecule has 1 amide bonds. The van der Waals surface area contributed by atoms with Gasteiger partial charge in [0.1, 0.15) is 11.0 Å². The summed E-state index contributed by atoms with van der Waals surface area (Å²) >= 11 is 0. The van der Waals surface area contributed by atoms with Crippen LogP contribution in [0, 0.1) is 20.8 Å². The van der Waals surface area contributed by atoms with Crippen LogP contribution in [0.5, 0.6) is 11.5 Å². The summed E-state index contributed by atoms with van der Waals surface area (Å²) in [5.41, 5.74) is 4.47. The van der Waals surface area contributed by atoms with Gasteiger partial charge in [-0.15, -0.1) is 0 Å². The van der Waals surface area contributed by atoms with Crippen molar-refractivity contribution < 1.29 is 14.3 Å². The smallest absolute Gasteiger partial charge is 0.253 e. The summed E-state index contributed by atoms with van der Waals surface area (Å²) in [4.78, 5) is 19.0. The molecule has 0 saturated heterocycles. The molecule has 5 nitrogen and oxygen atoms in total. The van der Waals surface area contributed by atoms with Gasteiger partial charge in [-0.1, -0.05) is 6.58 Å². The zero-order valence-corrected chi connectivity index (χ0v) is 16.0. The van der Waals surface area contributed by atoms with E-state index in [1.807, 2.05) is 26.8 Å². The van der Waals surface area contributed by atoms with Crippen molar-refractivity contribution in [1.82, 2.24) is 4.90 Å². The second-order valence-corrected chi connectivity index (χ2v) is 6.65.